The second-order valence-corrected chi connectivity index (χ2v) is 6.74. The summed E-state index contributed by atoms with van der Waals surface area (Å²) >= 11 is 0. The van der Waals surface area contributed by atoms with Crippen LogP contribution in [0.3, 0.4) is 0 Å². The number of hydrogen-bond donors (Lipinski definition) is 2. The number of carbonyl (C=O) groups is 1. The van der Waals surface area contributed by atoms with E-state index in [9.17, 15) is 4.79 Å². The summed E-state index contributed by atoms with van der Waals surface area (Å²) in [5, 5.41) is 6.41. The van der Waals surface area contributed by atoms with E-state index in [4.69, 9.17) is 0 Å². The Morgan fingerprint density at radius 2 is 2.10 bits per heavy atom. The van der Waals surface area contributed by atoms with Crippen molar-refractivity contribution in [3.8, 4) is 0 Å². The SMILES string of the molecule is CC(C)C(C)(C)CNC(=O)c1ccc2c(c1)CNCC2. The molecule has 0 unspecified atom stereocenters. The van der Waals surface area contributed by atoms with Crippen LogP contribution in [0.15, 0.2) is 18.2 Å². The first-order valence-electron chi connectivity index (χ1n) is 7.51. The summed E-state index contributed by atoms with van der Waals surface area (Å²) in [6.45, 7) is 11.4. The molecule has 3 heteroatoms. The van der Waals surface area contributed by atoms with Crippen molar-refractivity contribution in [3.63, 3.8) is 0 Å². The molecule has 0 saturated heterocycles. The first-order valence-corrected chi connectivity index (χ1v) is 7.51. The molecule has 2 rings (SSSR count). The molecule has 0 fully saturated rings. The molecule has 1 aliphatic heterocycles. The number of rotatable bonds is 4. The normalized spacial score (nSPS) is 15.1. The maximum atomic E-state index is 12.3. The summed E-state index contributed by atoms with van der Waals surface area (Å²) < 4.78 is 0. The van der Waals surface area contributed by atoms with Crippen LogP contribution in [0.2, 0.25) is 0 Å². The van der Waals surface area contributed by atoms with Crippen LogP contribution in [-0.4, -0.2) is 19.0 Å². The molecule has 110 valence electrons. The van der Waals surface area contributed by atoms with Gasteiger partial charge < -0.3 is 10.6 Å². The van der Waals surface area contributed by atoms with Crippen LogP contribution in [-0.2, 0) is 13.0 Å². The molecular formula is C17H26N2O. The van der Waals surface area contributed by atoms with E-state index in [-0.39, 0.29) is 11.3 Å². The lowest BCUT2D eigenvalue weighted by Gasteiger charge is -2.29. The standard InChI is InChI=1S/C17H26N2O/c1-12(2)17(3,4)11-19-16(20)14-6-5-13-7-8-18-10-15(13)9-14/h5-6,9,12,18H,7-8,10-11H2,1-4H3,(H,19,20). The largest absolute Gasteiger partial charge is 0.351 e. The quantitative estimate of drug-likeness (QED) is 0.886. The Kier molecular flexibility index (Phi) is 4.48. The van der Waals surface area contributed by atoms with Crippen molar-refractivity contribution < 1.29 is 4.79 Å². The van der Waals surface area contributed by atoms with Crippen LogP contribution in [0.25, 0.3) is 0 Å². The molecule has 0 aromatic heterocycles. The lowest BCUT2D eigenvalue weighted by Crippen LogP contribution is -2.37. The number of benzene rings is 1. The van der Waals surface area contributed by atoms with Crippen molar-refractivity contribution in [2.24, 2.45) is 11.3 Å². The topological polar surface area (TPSA) is 41.1 Å². The van der Waals surface area contributed by atoms with Crippen LogP contribution < -0.4 is 10.6 Å². The van der Waals surface area contributed by atoms with Crippen LogP contribution in [0.1, 0.15) is 49.2 Å². The molecule has 0 atom stereocenters. The van der Waals surface area contributed by atoms with E-state index >= 15 is 0 Å². The molecule has 0 spiro atoms. The minimum Gasteiger partial charge on any atom is -0.351 e. The van der Waals surface area contributed by atoms with Crippen LogP contribution in [0, 0.1) is 11.3 Å². The number of fused-ring (bicyclic) bond motifs is 1. The smallest absolute Gasteiger partial charge is 0.251 e. The van der Waals surface area contributed by atoms with E-state index < -0.39 is 0 Å². The van der Waals surface area contributed by atoms with Gasteiger partial charge in [0, 0.05) is 18.7 Å². The van der Waals surface area contributed by atoms with Gasteiger partial charge in [-0.15, -0.1) is 0 Å². The molecule has 2 N–H and O–H groups in total. The van der Waals surface area contributed by atoms with Crippen molar-refractivity contribution in [1.29, 1.82) is 0 Å². The van der Waals surface area contributed by atoms with Gasteiger partial charge in [0.15, 0.2) is 0 Å². The highest BCUT2D eigenvalue weighted by molar-refractivity contribution is 5.94. The predicted octanol–water partition coefficient (Wildman–Crippen LogP) is 2.74. The van der Waals surface area contributed by atoms with E-state index in [0.29, 0.717) is 12.5 Å². The third kappa shape index (κ3) is 3.40. The zero-order chi connectivity index (χ0) is 14.8. The van der Waals surface area contributed by atoms with Gasteiger partial charge in [0.2, 0.25) is 0 Å². The van der Waals surface area contributed by atoms with E-state index in [0.717, 1.165) is 25.1 Å². The summed E-state index contributed by atoms with van der Waals surface area (Å²) in [6, 6.07) is 6.07. The van der Waals surface area contributed by atoms with Crippen molar-refractivity contribution in [2.45, 2.75) is 40.7 Å². The molecule has 1 aliphatic rings. The molecule has 20 heavy (non-hydrogen) atoms. The highest BCUT2D eigenvalue weighted by atomic mass is 16.1. The highest BCUT2D eigenvalue weighted by Crippen LogP contribution is 2.25. The Morgan fingerprint density at radius 3 is 2.80 bits per heavy atom. The Balaban J connectivity index is 2.03. The minimum atomic E-state index is 0.0344. The Hall–Kier alpha value is -1.35. The summed E-state index contributed by atoms with van der Waals surface area (Å²) in [6.07, 6.45) is 1.05. The molecule has 3 nitrogen and oxygen atoms in total. The van der Waals surface area contributed by atoms with E-state index in [2.05, 4.69) is 44.4 Å². The fourth-order valence-electron chi connectivity index (χ4n) is 2.24. The van der Waals surface area contributed by atoms with Gasteiger partial charge in [0.25, 0.3) is 5.91 Å². The van der Waals surface area contributed by atoms with Gasteiger partial charge in [-0.2, -0.15) is 0 Å². The molecule has 1 heterocycles. The van der Waals surface area contributed by atoms with Crippen LogP contribution in [0.5, 0.6) is 0 Å². The molecular weight excluding hydrogens is 248 g/mol. The van der Waals surface area contributed by atoms with Crippen molar-refractivity contribution >= 4 is 5.91 Å². The van der Waals surface area contributed by atoms with Crippen molar-refractivity contribution in [3.05, 3.63) is 34.9 Å². The number of carbonyl (C=O) groups excluding carboxylic acids is 1. The molecule has 0 saturated carbocycles. The predicted molar refractivity (Wildman–Crippen MR) is 82.8 cm³/mol. The second-order valence-electron chi connectivity index (χ2n) is 6.74. The number of hydrogen-bond acceptors (Lipinski definition) is 2. The molecule has 1 aromatic carbocycles. The van der Waals surface area contributed by atoms with Crippen molar-refractivity contribution in [1.82, 2.24) is 10.6 Å². The van der Waals surface area contributed by atoms with Gasteiger partial charge in [-0.25, -0.2) is 0 Å². The summed E-state index contributed by atoms with van der Waals surface area (Å²) in [5.41, 5.74) is 3.51. The highest BCUT2D eigenvalue weighted by Gasteiger charge is 2.23. The lowest BCUT2D eigenvalue weighted by atomic mass is 9.81. The average Bonchev–Trinajstić information content (AvgIpc) is 2.44. The third-order valence-electron chi connectivity index (χ3n) is 4.62. The van der Waals surface area contributed by atoms with Gasteiger partial charge in [0.1, 0.15) is 0 Å². The maximum absolute atomic E-state index is 12.3. The van der Waals surface area contributed by atoms with E-state index in [1.807, 2.05) is 12.1 Å². The summed E-state index contributed by atoms with van der Waals surface area (Å²) in [7, 11) is 0. The Morgan fingerprint density at radius 1 is 1.35 bits per heavy atom. The van der Waals surface area contributed by atoms with Crippen LogP contribution in [0.4, 0.5) is 0 Å². The molecule has 0 aliphatic carbocycles. The number of amides is 1. The molecule has 1 amide bonds. The van der Waals surface area contributed by atoms with E-state index in [1.165, 1.54) is 11.1 Å². The molecule has 1 aromatic rings. The average molecular weight is 274 g/mol. The fourth-order valence-corrected chi connectivity index (χ4v) is 2.24. The van der Waals surface area contributed by atoms with Gasteiger partial charge in [0.05, 0.1) is 0 Å². The fraction of sp³-hybridized carbons (Fsp3) is 0.588. The zero-order valence-electron chi connectivity index (χ0n) is 13.0. The third-order valence-corrected chi connectivity index (χ3v) is 4.62. The summed E-state index contributed by atoms with van der Waals surface area (Å²) in [5.74, 6) is 0.572. The first-order chi connectivity index (χ1) is 9.40. The van der Waals surface area contributed by atoms with Gasteiger partial charge in [-0.3, -0.25) is 4.79 Å². The van der Waals surface area contributed by atoms with E-state index in [1.54, 1.807) is 0 Å². The van der Waals surface area contributed by atoms with Crippen LogP contribution >= 0.6 is 0 Å². The first kappa shape index (κ1) is 15.0. The lowest BCUT2D eigenvalue weighted by molar-refractivity contribution is 0.0924. The van der Waals surface area contributed by atoms with Gasteiger partial charge in [-0.05, 0) is 47.6 Å². The summed E-state index contributed by atoms with van der Waals surface area (Å²) in [4.78, 5) is 12.3. The Labute approximate surface area is 122 Å². The van der Waals surface area contributed by atoms with Gasteiger partial charge >= 0.3 is 0 Å². The van der Waals surface area contributed by atoms with Crippen molar-refractivity contribution in [2.75, 3.05) is 13.1 Å². The van der Waals surface area contributed by atoms with Gasteiger partial charge in [-0.1, -0.05) is 33.8 Å². The molecule has 0 radical (unpaired) electrons. The molecule has 0 bridgehead atoms. The second kappa shape index (κ2) is 5.96. The zero-order valence-corrected chi connectivity index (χ0v) is 13.0. The maximum Gasteiger partial charge on any atom is 0.251 e. The minimum absolute atomic E-state index is 0.0344. The monoisotopic (exact) mass is 274 g/mol. The number of nitrogens with one attached hydrogen (secondary N) is 2. The Bertz CT molecular complexity index is 492.